The molecule has 2 rings (SSSR count). The lowest BCUT2D eigenvalue weighted by molar-refractivity contribution is -0.147. The summed E-state index contributed by atoms with van der Waals surface area (Å²) in [5, 5.41) is 0. The van der Waals surface area contributed by atoms with Crippen LogP contribution < -0.4 is 5.73 Å². The Morgan fingerprint density at radius 2 is 1.90 bits per heavy atom. The minimum Gasteiger partial charge on any atom is -0.466 e. The molecule has 120 valence electrons. The van der Waals surface area contributed by atoms with Gasteiger partial charge in [0.2, 0.25) is 5.91 Å². The Labute approximate surface area is 127 Å². The first-order valence-corrected chi connectivity index (χ1v) is 8.30. The fraction of sp³-hybridized carbons (Fsp3) is 0.875. The van der Waals surface area contributed by atoms with E-state index in [0.717, 1.165) is 32.1 Å². The van der Waals surface area contributed by atoms with Crippen molar-refractivity contribution in [3.63, 3.8) is 0 Å². The molecule has 2 unspecified atom stereocenters. The van der Waals surface area contributed by atoms with Crippen molar-refractivity contribution in [1.82, 2.24) is 4.90 Å². The summed E-state index contributed by atoms with van der Waals surface area (Å²) in [6.45, 7) is 3.50. The smallest absolute Gasteiger partial charge is 0.306 e. The monoisotopic (exact) mass is 296 g/mol. The standard InChI is InChI=1S/C16H28N2O3/c1-2-21-15(19)9-12-8-14(17)11-18(10-12)16(20)13-6-4-3-5-7-13/h12-14H,2-11,17H2,1H3. The predicted octanol–water partition coefficient (Wildman–Crippen LogP) is 1.70. The van der Waals surface area contributed by atoms with E-state index in [0.29, 0.717) is 26.1 Å². The van der Waals surface area contributed by atoms with Crippen molar-refractivity contribution in [3.8, 4) is 0 Å². The Morgan fingerprint density at radius 1 is 1.19 bits per heavy atom. The summed E-state index contributed by atoms with van der Waals surface area (Å²) < 4.78 is 5.01. The molecule has 0 bridgehead atoms. The molecule has 0 aromatic carbocycles. The highest BCUT2D eigenvalue weighted by molar-refractivity contribution is 5.79. The van der Waals surface area contributed by atoms with Crippen LogP contribution in [-0.2, 0) is 14.3 Å². The predicted molar refractivity (Wildman–Crippen MR) is 80.5 cm³/mol. The van der Waals surface area contributed by atoms with E-state index in [9.17, 15) is 9.59 Å². The molecular weight excluding hydrogens is 268 g/mol. The second-order valence-corrected chi connectivity index (χ2v) is 6.45. The number of nitrogens with two attached hydrogens (primary N) is 1. The third kappa shape index (κ3) is 4.70. The molecule has 0 radical (unpaired) electrons. The molecule has 0 aromatic heterocycles. The Morgan fingerprint density at radius 3 is 2.57 bits per heavy atom. The van der Waals surface area contributed by atoms with Gasteiger partial charge in [-0.15, -0.1) is 0 Å². The molecule has 2 atom stereocenters. The normalized spacial score (nSPS) is 27.4. The molecule has 5 nitrogen and oxygen atoms in total. The van der Waals surface area contributed by atoms with Crippen LogP contribution in [-0.4, -0.2) is 42.5 Å². The molecule has 1 saturated heterocycles. The van der Waals surface area contributed by atoms with Gasteiger partial charge in [-0.05, 0) is 32.1 Å². The summed E-state index contributed by atoms with van der Waals surface area (Å²) in [4.78, 5) is 26.1. The summed E-state index contributed by atoms with van der Waals surface area (Å²) in [5.41, 5.74) is 6.09. The fourth-order valence-corrected chi connectivity index (χ4v) is 3.64. The van der Waals surface area contributed by atoms with Crippen LogP contribution in [0, 0.1) is 11.8 Å². The topological polar surface area (TPSA) is 72.6 Å². The van der Waals surface area contributed by atoms with Crippen LogP contribution >= 0.6 is 0 Å². The molecule has 1 amide bonds. The molecule has 2 aliphatic rings. The maximum absolute atomic E-state index is 12.6. The molecule has 5 heteroatoms. The van der Waals surface area contributed by atoms with Gasteiger partial charge in [-0.3, -0.25) is 9.59 Å². The number of esters is 1. The van der Waals surface area contributed by atoms with Crippen LogP contribution in [0.25, 0.3) is 0 Å². The molecule has 1 aliphatic heterocycles. The van der Waals surface area contributed by atoms with E-state index in [1.165, 1.54) is 6.42 Å². The van der Waals surface area contributed by atoms with Crippen LogP contribution in [0.5, 0.6) is 0 Å². The summed E-state index contributed by atoms with van der Waals surface area (Å²) >= 11 is 0. The van der Waals surface area contributed by atoms with Gasteiger partial charge < -0.3 is 15.4 Å². The molecule has 2 fully saturated rings. The number of rotatable bonds is 4. The molecule has 21 heavy (non-hydrogen) atoms. The lowest BCUT2D eigenvalue weighted by Gasteiger charge is -2.38. The highest BCUT2D eigenvalue weighted by atomic mass is 16.5. The van der Waals surface area contributed by atoms with Crippen molar-refractivity contribution in [2.45, 2.75) is 57.9 Å². The van der Waals surface area contributed by atoms with E-state index >= 15 is 0 Å². The van der Waals surface area contributed by atoms with E-state index in [-0.39, 0.29) is 29.8 Å². The van der Waals surface area contributed by atoms with Crippen molar-refractivity contribution < 1.29 is 14.3 Å². The van der Waals surface area contributed by atoms with Crippen molar-refractivity contribution >= 4 is 11.9 Å². The first-order valence-electron chi connectivity index (χ1n) is 8.30. The quantitative estimate of drug-likeness (QED) is 0.801. The number of nitrogens with zero attached hydrogens (tertiary/aromatic N) is 1. The maximum Gasteiger partial charge on any atom is 0.306 e. The van der Waals surface area contributed by atoms with Crippen LogP contribution in [0.15, 0.2) is 0 Å². The minimum absolute atomic E-state index is 0.0225. The maximum atomic E-state index is 12.6. The van der Waals surface area contributed by atoms with Crippen molar-refractivity contribution in [2.75, 3.05) is 19.7 Å². The molecule has 0 spiro atoms. The highest BCUT2D eigenvalue weighted by Gasteiger charge is 2.33. The summed E-state index contributed by atoms with van der Waals surface area (Å²) in [6, 6.07) is -0.0225. The van der Waals surface area contributed by atoms with Gasteiger partial charge in [-0.25, -0.2) is 0 Å². The SMILES string of the molecule is CCOC(=O)CC1CC(N)CN(C(=O)C2CCCCC2)C1. The van der Waals surface area contributed by atoms with Crippen molar-refractivity contribution in [3.05, 3.63) is 0 Å². The second kappa shape index (κ2) is 7.78. The van der Waals surface area contributed by atoms with E-state index in [4.69, 9.17) is 10.5 Å². The number of carbonyl (C=O) groups excluding carboxylic acids is 2. The van der Waals surface area contributed by atoms with Gasteiger partial charge in [-0.2, -0.15) is 0 Å². The van der Waals surface area contributed by atoms with Gasteiger partial charge >= 0.3 is 5.97 Å². The van der Waals surface area contributed by atoms with Gasteiger partial charge in [0.05, 0.1) is 13.0 Å². The summed E-state index contributed by atoms with van der Waals surface area (Å²) in [5.74, 6) is 0.382. The van der Waals surface area contributed by atoms with Crippen molar-refractivity contribution in [1.29, 1.82) is 0 Å². The van der Waals surface area contributed by atoms with E-state index < -0.39 is 0 Å². The number of ether oxygens (including phenoxy) is 1. The first-order chi connectivity index (χ1) is 10.1. The Kier molecular flexibility index (Phi) is 6.03. The highest BCUT2D eigenvalue weighted by Crippen LogP contribution is 2.28. The van der Waals surface area contributed by atoms with Gasteiger partial charge in [0, 0.05) is 25.0 Å². The van der Waals surface area contributed by atoms with Crippen LogP contribution in [0.2, 0.25) is 0 Å². The van der Waals surface area contributed by atoms with E-state index in [1.54, 1.807) is 0 Å². The zero-order chi connectivity index (χ0) is 15.2. The largest absolute Gasteiger partial charge is 0.466 e. The minimum atomic E-state index is -0.179. The van der Waals surface area contributed by atoms with E-state index in [2.05, 4.69) is 0 Å². The van der Waals surface area contributed by atoms with Crippen molar-refractivity contribution in [2.24, 2.45) is 17.6 Å². The lowest BCUT2D eigenvalue weighted by atomic mass is 9.86. The number of piperidine rings is 1. The van der Waals surface area contributed by atoms with Gasteiger partial charge in [0.25, 0.3) is 0 Å². The molecular formula is C16H28N2O3. The Hall–Kier alpha value is -1.10. The van der Waals surface area contributed by atoms with Gasteiger partial charge in [-0.1, -0.05) is 19.3 Å². The molecule has 1 aliphatic carbocycles. The van der Waals surface area contributed by atoms with Crippen LogP contribution in [0.3, 0.4) is 0 Å². The average molecular weight is 296 g/mol. The van der Waals surface area contributed by atoms with Crippen LogP contribution in [0.4, 0.5) is 0 Å². The fourth-order valence-electron chi connectivity index (χ4n) is 3.64. The average Bonchev–Trinajstić information content (AvgIpc) is 2.47. The third-order valence-corrected chi connectivity index (χ3v) is 4.60. The number of likely N-dealkylation sites (tertiary alicyclic amines) is 1. The van der Waals surface area contributed by atoms with E-state index in [1.807, 2.05) is 11.8 Å². The Bertz CT molecular complexity index is 367. The zero-order valence-electron chi connectivity index (χ0n) is 13.1. The van der Waals surface area contributed by atoms with Gasteiger partial charge in [0.15, 0.2) is 0 Å². The molecule has 2 N–H and O–H groups in total. The summed E-state index contributed by atoms with van der Waals surface area (Å²) in [7, 11) is 0. The molecule has 1 saturated carbocycles. The first kappa shape index (κ1) is 16.3. The van der Waals surface area contributed by atoms with Crippen LogP contribution in [0.1, 0.15) is 51.9 Å². The molecule has 0 aromatic rings. The number of amides is 1. The number of hydrogen-bond donors (Lipinski definition) is 1. The summed E-state index contributed by atoms with van der Waals surface area (Å²) in [6.07, 6.45) is 6.74. The second-order valence-electron chi connectivity index (χ2n) is 6.45. The Balaban J connectivity index is 1.90. The van der Waals surface area contributed by atoms with Gasteiger partial charge in [0.1, 0.15) is 0 Å². The molecule has 1 heterocycles. The lowest BCUT2D eigenvalue weighted by Crippen LogP contribution is -2.51. The number of hydrogen-bond acceptors (Lipinski definition) is 4. The third-order valence-electron chi connectivity index (χ3n) is 4.60. The number of carbonyl (C=O) groups is 2. The zero-order valence-corrected chi connectivity index (χ0v) is 13.1.